The van der Waals surface area contributed by atoms with Crippen molar-refractivity contribution >= 4 is 29.9 Å². The normalized spacial score (nSPS) is 10.9. The van der Waals surface area contributed by atoms with Crippen molar-refractivity contribution in [1.29, 1.82) is 0 Å². The number of hydrogen-bond donors (Lipinski definition) is 2. The molecule has 0 fully saturated rings. The molecule has 7 heteroatoms. The second-order valence-electron chi connectivity index (χ2n) is 5.34. The number of nitrogens with zero attached hydrogens (tertiary/aromatic N) is 1. The smallest absolute Gasteiger partial charge is 0.190 e. The van der Waals surface area contributed by atoms with Crippen LogP contribution in [-0.4, -0.2) is 60.1 Å². The summed E-state index contributed by atoms with van der Waals surface area (Å²) in [7, 11) is 5.15. The molecule has 6 nitrogen and oxygen atoms in total. The Morgan fingerprint density at radius 1 is 0.960 bits per heavy atom. The van der Waals surface area contributed by atoms with Crippen LogP contribution < -0.4 is 15.4 Å². The summed E-state index contributed by atoms with van der Waals surface area (Å²) in [4.78, 5) is 4.23. The van der Waals surface area contributed by atoms with E-state index in [9.17, 15) is 0 Å². The van der Waals surface area contributed by atoms with Gasteiger partial charge in [0.2, 0.25) is 0 Å². The Kier molecular flexibility index (Phi) is 15.7. The van der Waals surface area contributed by atoms with Gasteiger partial charge in [-0.15, -0.1) is 24.0 Å². The van der Waals surface area contributed by atoms with Gasteiger partial charge < -0.3 is 24.8 Å². The van der Waals surface area contributed by atoms with Crippen molar-refractivity contribution in [3.05, 3.63) is 29.8 Å². The van der Waals surface area contributed by atoms with Crippen molar-refractivity contribution in [2.45, 2.75) is 19.3 Å². The van der Waals surface area contributed by atoms with Crippen molar-refractivity contribution in [1.82, 2.24) is 10.6 Å². The molecule has 1 aromatic rings. The minimum atomic E-state index is 0. The minimum absolute atomic E-state index is 0. The van der Waals surface area contributed by atoms with E-state index in [4.69, 9.17) is 14.2 Å². The van der Waals surface area contributed by atoms with Gasteiger partial charge in [-0.2, -0.15) is 0 Å². The molecule has 1 rings (SSSR count). The molecule has 25 heavy (non-hydrogen) atoms. The zero-order chi connectivity index (χ0) is 17.5. The van der Waals surface area contributed by atoms with Gasteiger partial charge in [0, 0.05) is 33.9 Å². The number of rotatable bonds is 12. The maximum Gasteiger partial charge on any atom is 0.190 e. The largest absolute Gasteiger partial charge is 0.497 e. The summed E-state index contributed by atoms with van der Waals surface area (Å²) in [5, 5.41) is 6.64. The number of halogens is 1. The van der Waals surface area contributed by atoms with E-state index >= 15 is 0 Å². The molecular formula is C18H32IN3O3. The van der Waals surface area contributed by atoms with Crippen LogP contribution in [0.3, 0.4) is 0 Å². The first-order valence-electron chi connectivity index (χ1n) is 8.44. The Balaban J connectivity index is 0.00000576. The quantitative estimate of drug-likeness (QED) is 0.215. The Labute approximate surface area is 168 Å². The molecule has 0 amide bonds. The van der Waals surface area contributed by atoms with Crippen molar-refractivity contribution in [3.8, 4) is 5.75 Å². The summed E-state index contributed by atoms with van der Waals surface area (Å²) in [6.45, 7) is 3.82. The van der Waals surface area contributed by atoms with Gasteiger partial charge in [-0.05, 0) is 37.0 Å². The average molecular weight is 465 g/mol. The molecule has 0 saturated heterocycles. The van der Waals surface area contributed by atoms with E-state index < -0.39 is 0 Å². The highest BCUT2D eigenvalue weighted by Gasteiger charge is 1.99. The summed E-state index contributed by atoms with van der Waals surface area (Å²) in [6, 6.07) is 8.13. The Morgan fingerprint density at radius 2 is 1.68 bits per heavy atom. The molecule has 0 radical (unpaired) electrons. The highest BCUT2D eigenvalue weighted by molar-refractivity contribution is 14.0. The molecule has 0 unspecified atom stereocenters. The van der Waals surface area contributed by atoms with Crippen molar-refractivity contribution < 1.29 is 14.2 Å². The summed E-state index contributed by atoms with van der Waals surface area (Å²) >= 11 is 0. The third kappa shape index (κ3) is 12.0. The monoisotopic (exact) mass is 465 g/mol. The van der Waals surface area contributed by atoms with Gasteiger partial charge in [-0.1, -0.05) is 12.1 Å². The van der Waals surface area contributed by atoms with Crippen LogP contribution in [0, 0.1) is 0 Å². The van der Waals surface area contributed by atoms with Crippen molar-refractivity contribution in [2.24, 2.45) is 4.99 Å². The second-order valence-corrected chi connectivity index (χ2v) is 5.34. The van der Waals surface area contributed by atoms with Crippen LogP contribution in [0.5, 0.6) is 5.75 Å². The van der Waals surface area contributed by atoms with Gasteiger partial charge in [0.05, 0.1) is 20.3 Å². The Morgan fingerprint density at radius 3 is 2.32 bits per heavy atom. The van der Waals surface area contributed by atoms with Crippen molar-refractivity contribution in [3.63, 3.8) is 0 Å². The molecular weight excluding hydrogens is 433 g/mol. The second kappa shape index (κ2) is 16.4. The summed E-state index contributed by atoms with van der Waals surface area (Å²) in [6.07, 6.45) is 3.02. The molecule has 144 valence electrons. The molecule has 0 aliphatic rings. The van der Waals surface area contributed by atoms with E-state index in [1.807, 2.05) is 12.1 Å². The Bertz CT molecular complexity index is 455. The van der Waals surface area contributed by atoms with Crippen LogP contribution in [0.2, 0.25) is 0 Å². The van der Waals surface area contributed by atoms with Crippen LogP contribution in [0.15, 0.2) is 29.3 Å². The van der Waals surface area contributed by atoms with Gasteiger partial charge >= 0.3 is 0 Å². The lowest BCUT2D eigenvalue weighted by atomic mass is 10.1. The number of hydrogen-bond acceptors (Lipinski definition) is 4. The number of aliphatic imine (C=N–C) groups is 1. The first kappa shape index (κ1) is 23.9. The number of unbranched alkanes of at least 4 members (excludes halogenated alkanes) is 1. The zero-order valence-corrected chi connectivity index (χ0v) is 17.9. The lowest BCUT2D eigenvalue weighted by molar-refractivity contribution is 0.0689. The highest BCUT2D eigenvalue weighted by Crippen LogP contribution is 2.11. The maximum absolute atomic E-state index is 5.43. The third-order valence-electron chi connectivity index (χ3n) is 3.53. The van der Waals surface area contributed by atoms with Crippen molar-refractivity contribution in [2.75, 3.05) is 54.2 Å². The maximum atomic E-state index is 5.43. The molecule has 2 N–H and O–H groups in total. The lowest BCUT2D eigenvalue weighted by Gasteiger charge is -2.12. The summed E-state index contributed by atoms with van der Waals surface area (Å²) in [5.41, 5.74) is 1.27. The van der Waals surface area contributed by atoms with E-state index in [1.165, 1.54) is 5.56 Å². The van der Waals surface area contributed by atoms with Gasteiger partial charge in [0.1, 0.15) is 5.75 Å². The molecule has 0 spiro atoms. The van der Waals surface area contributed by atoms with Crippen LogP contribution in [0.1, 0.15) is 18.4 Å². The highest BCUT2D eigenvalue weighted by atomic mass is 127. The Hall–Kier alpha value is -1.06. The van der Waals surface area contributed by atoms with Gasteiger partial charge in [-0.3, -0.25) is 4.99 Å². The molecule has 0 saturated carbocycles. The number of benzene rings is 1. The molecule has 1 aromatic carbocycles. The first-order chi connectivity index (χ1) is 11.8. The van der Waals surface area contributed by atoms with E-state index in [-0.39, 0.29) is 24.0 Å². The fourth-order valence-electron chi connectivity index (χ4n) is 2.12. The van der Waals surface area contributed by atoms with E-state index in [0.29, 0.717) is 13.2 Å². The van der Waals surface area contributed by atoms with Gasteiger partial charge in [0.15, 0.2) is 5.96 Å². The average Bonchev–Trinajstić information content (AvgIpc) is 2.63. The predicted molar refractivity (Wildman–Crippen MR) is 113 cm³/mol. The number of methoxy groups -OCH3 is 2. The minimum Gasteiger partial charge on any atom is -0.497 e. The fourth-order valence-corrected chi connectivity index (χ4v) is 2.12. The van der Waals surface area contributed by atoms with E-state index in [2.05, 4.69) is 27.8 Å². The van der Waals surface area contributed by atoms with Crippen LogP contribution >= 0.6 is 24.0 Å². The van der Waals surface area contributed by atoms with Crippen LogP contribution in [-0.2, 0) is 15.9 Å². The topological polar surface area (TPSA) is 64.1 Å². The summed E-state index contributed by atoms with van der Waals surface area (Å²) < 4.78 is 15.5. The van der Waals surface area contributed by atoms with Gasteiger partial charge in [-0.25, -0.2) is 0 Å². The fraction of sp³-hybridized carbons (Fsp3) is 0.611. The number of nitrogens with one attached hydrogen (secondary N) is 2. The number of ether oxygens (including phenoxy) is 3. The number of guanidine groups is 1. The van der Waals surface area contributed by atoms with Gasteiger partial charge in [0.25, 0.3) is 0 Å². The molecule has 0 heterocycles. The predicted octanol–water partition coefficient (Wildman–Crippen LogP) is 2.46. The molecule has 0 aliphatic heterocycles. The molecule has 0 atom stereocenters. The standard InChI is InChI=1S/C18H31N3O3.HI/c1-19-18(20-11-4-5-13-24-15-14-22-2)21-12-10-16-6-8-17(23-3)9-7-16;/h6-9H,4-5,10-15H2,1-3H3,(H2,19,20,21);1H. The van der Waals surface area contributed by atoms with Crippen LogP contribution in [0.4, 0.5) is 0 Å². The molecule has 0 bridgehead atoms. The zero-order valence-electron chi connectivity index (χ0n) is 15.5. The van der Waals surface area contributed by atoms with E-state index in [0.717, 1.165) is 50.7 Å². The molecule has 0 aliphatic carbocycles. The SMILES string of the molecule is CN=C(NCCCCOCCOC)NCCc1ccc(OC)cc1.I. The molecule has 0 aromatic heterocycles. The van der Waals surface area contributed by atoms with E-state index in [1.54, 1.807) is 21.3 Å². The third-order valence-corrected chi connectivity index (χ3v) is 3.53. The summed E-state index contributed by atoms with van der Waals surface area (Å²) in [5.74, 6) is 1.72. The lowest BCUT2D eigenvalue weighted by Crippen LogP contribution is -2.38. The first-order valence-corrected chi connectivity index (χ1v) is 8.44. The van der Waals surface area contributed by atoms with Crippen LogP contribution in [0.25, 0.3) is 0 Å².